The molecule has 0 aliphatic carbocycles. The van der Waals surface area contributed by atoms with Gasteiger partial charge in [-0.2, -0.15) is 0 Å². The molecular formula is C3H8N2O4. The second kappa shape index (κ2) is 3.23. The largest absolute Gasteiger partial charge is 0.369 e. The number of amides is 2. The highest BCUT2D eigenvalue weighted by atomic mass is 16.5. The smallest absolute Gasteiger partial charge is 0.314 e. The molecule has 6 N–H and O–H groups in total. The third-order valence-corrected chi connectivity index (χ3v) is 0.573. The molecule has 0 bridgehead atoms. The molecule has 0 aliphatic rings. The van der Waals surface area contributed by atoms with Gasteiger partial charge in [0.15, 0.2) is 12.5 Å². The highest BCUT2D eigenvalue weighted by Crippen LogP contribution is 1.80. The van der Waals surface area contributed by atoms with Crippen LogP contribution in [0.25, 0.3) is 0 Å². The standard InChI is InChI=1S/C3H8N2O4/c4-3(9)5-1(6)2(7)8/h1-2,6-8H,(H3,4,5,9). The normalized spacial score (nSPS) is 13.3. The van der Waals surface area contributed by atoms with Crippen molar-refractivity contribution in [2.24, 2.45) is 5.73 Å². The van der Waals surface area contributed by atoms with Crippen LogP contribution < -0.4 is 11.1 Å². The Morgan fingerprint density at radius 3 is 2.00 bits per heavy atom. The Kier molecular flexibility index (Phi) is 2.93. The summed E-state index contributed by atoms with van der Waals surface area (Å²) in [7, 11) is 0. The Bertz CT molecular complexity index is 104. The first kappa shape index (κ1) is 8.15. The Labute approximate surface area is 50.9 Å². The van der Waals surface area contributed by atoms with Crippen LogP contribution in [0.5, 0.6) is 0 Å². The minimum atomic E-state index is -2.00. The lowest BCUT2D eigenvalue weighted by atomic mass is 10.5. The molecule has 2 amide bonds. The van der Waals surface area contributed by atoms with Crippen molar-refractivity contribution in [1.29, 1.82) is 0 Å². The summed E-state index contributed by atoms with van der Waals surface area (Å²) in [6.45, 7) is 0. The van der Waals surface area contributed by atoms with E-state index in [0.29, 0.717) is 0 Å². The number of primary amides is 1. The Hall–Kier alpha value is -0.850. The van der Waals surface area contributed by atoms with Crippen LogP contribution in [0, 0.1) is 0 Å². The van der Waals surface area contributed by atoms with Gasteiger partial charge in [-0.15, -0.1) is 0 Å². The summed E-state index contributed by atoms with van der Waals surface area (Å²) in [6, 6.07) is -1.02. The molecule has 0 fully saturated rings. The quantitative estimate of drug-likeness (QED) is 0.265. The first-order valence-electron chi connectivity index (χ1n) is 2.14. The number of aliphatic hydroxyl groups excluding tert-OH is 2. The van der Waals surface area contributed by atoms with Gasteiger partial charge in [-0.3, -0.25) is 0 Å². The maximum Gasteiger partial charge on any atom is 0.314 e. The van der Waals surface area contributed by atoms with E-state index in [0.717, 1.165) is 0 Å². The van der Waals surface area contributed by atoms with Crippen molar-refractivity contribution in [3.05, 3.63) is 0 Å². The number of hydrogen-bond donors (Lipinski definition) is 5. The minimum Gasteiger partial charge on any atom is -0.369 e. The molecule has 1 atom stereocenters. The van der Waals surface area contributed by atoms with E-state index in [1.807, 2.05) is 0 Å². The van der Waals surface area contributed by atoms with E-state index in [1.165, 1.54) is 0 Å². The lowest BCUT2D eigenvalue weighted by Gasteiger charge is -2.11. The van der Waals surface area contributed by atoms with Crippen LogP contribution in [0.3, 0.4) is 0 Å². The van der Waals surface area contributed by atoms with Crippen molar-refractivity contribution >= 4 is 6.03 Å². The predicted octanol–water partition coefficient (Wildman–Crippen LogP) is -2.72. The lowest BCUT2D eigenvalue weighted by Crippen LogP contribution is -2.45. The summed E-state index contributed by atoms with van der Waals surface area (Å²) in [6.07, 6.45) is -3.72. The van der Waals surface area contributed by atoms with Gasteiger partial charge in [0.05, 0.1) is 0 Å². The van der Waals surface area contributed by atoms with Gasteiger partial charge in [0.25, 0.3) is 0 Å². The van der Waals surface area contributed by atoms with Crippen molar-refractivity contribution in [1.82, 2.24) is 5.32 Å². The Morgan fingerprint density at radius 2 is 1.89 bits per heavy atom. The van der Waals surface area contributed by atoms with Gasteiger partial charge in [-0.05, 0) is 0 Å². The Morgan fingerprint density at radius 1 is 1.44 bits per heavy atom. The molecule has 0 aromatic carbocycles. The average Bonchev–Trinajstić information content (AvgIpc) is 1.63. The number of rotatable bonds is 2. The summed E-state index contributed by atoms with van der Waals surface area (Å²) < 4.78 is 0. The maximum atomic E-state index is 9.84. The molecular weight excluding hydrogens is 128 g/mol. The molecule has 0 aliphatic heterocycles. The number of carbonyl (C=O) groups excluding carboxylic acids is 1. The van der Waals surface area contributed by atoms with E-state index in [-0.39, 0.29) is 0 Å². The van der Waals surface area contributed by atoms with Crippen LogP contribution >= 0.6 is 0 Å². The predicted molar refractivity (Wildman–Crippen MR) is 27.0 cm³/mol. The molecule has 6 heteroatoms. The van der Waals surface area contributed by atoms with Crippen LogP contribution in [-0.2, 0) is 0 Å². The van der Waals surface area contributed by atoms with E-state index in [1.54, 1.807) is 5.32 Å². The van der Waals surface area contributed by atoms with Gasteiger partial charge in [-0.25, -0.2) is 4.79 Å². The number of carbonyl (C=O) groups is 1. The summed E-state index contributed by atoms with van der Waals surface area (Å²) in [5.74, 6) is 0. The number of hydrogen-bond acceptors (Lipinski definition) is 4. The molecule has 0 radical (unpaired) electrons. The fourth-order valence-electron chi connectivity index (χ4n) is 0.220. The van der Waals surface area contributed by atoms with Gasteiger partial charge in [0.1, 0.15) is 0 Å². The highest BCUT2D eigenvalue weighted by molar-refractivity contribution is 5.71. The second-order valence-electron chi connectivity index (χ2n) is 1.37. The lowest BCUT2D eigenvalue weighted by molar-refractivity contribution is -0.128. The Balaban J connectivity index is 3.50. The first-order chi connectivity index (χ1) is 4.04. The molecule has 9 heavy (non-hydrogen) atoms. The van der Waals surface area contributed by atoms with Crippen molar-refractivity contribution in [2.45, 2.75) is 12.5 Å². The maximum absolute atomic E-state index is 9.84. The molecule has 1 unspecified atom stereocenters. The van der Waals surface area contributed by atoms with Gasteiger partial charge >= 0.3 is 6.03 Å². The summed E-state index contributed by atoms with van der Waals surface area (Å²) in [5.41, 5.74) is 4.50. The van der Waals surface area contributed by atoms with Crippen LogP contribution in [0.2, 0.25) is 0 Å². The van der Waals surface area contributed by atoms with Crippen molar-refractivity contribution in [3.8, 4) is 0 Å². The number of nitrogens with two attached hydrogens (primary N) is 1. The van der Waals surface area contributed by atoms with Crippen LogP contribution in [-0.4, -0.2) is 33.9 Å². The molecule has 6 nitrogen and oxygen atoms in total. The highest BCUT2D eigenvalue weighted by Gasteiger charge is 2.12. The monoisotopic (exact) mass is 136 g/mol. The van der Waals surface area contributed by atoms with E-state index in [4.69, 9.17) is 15.3 Å². The molecule has 54 valence electrons. The molecule has 0 spiro atoms. The third-order valence-electron chi connectivity index (χ3n) is 0.573. The number of aliphatic hydroxyl groups is 3. The molecule has 0 rings (SSSR count). The zero-order valence-electron chi connectivity index (χ0n) is 4.48. The van der Waals surface area contributed by atoms with Crippen molar-refractivity contribution < 1.29 is 20.1 Å². The van der Waals surface area contributed by atoms with E-state index >= 15 is 0 Å². The molecule has 0 saturated carbocycles. The topological polar surface area (TPSA) is 116 Å². The molecule has 0 aromatic heterocycles. The molecule has 0 aromatic rings. The zero-order chi connectivity index (χ0) is 7.44. The van der Waals surface area contributed by atoms with Crippen molar-refractivity contribution in [2.75, 3.05) is 0 Å². The van der Waals surface area contributed by atoms with Crippen LogP contribution in [0.4, 0.5) is 4.79 Å². The zero-order valence-corrected chi connectivity index (χ0v) is 4.48. The molecule has 0 heterocycles. The van der Waals surface area contributed by atoms with Gasteiger partial charge < -0.3 is 26.4 Å². The number of nitrogens with one attached hydrogen (secondary N) is 1. The van der Waals surface area contributed by atoms with E-state index in [2.05, 4.69) is 5.73 Å². The summed E-state index contributed by atoms with van der Waals surface area (Å²) >= 11 is 0. The van der Waals surface area contributed by atoms with Crippen molar-refractivity contribution in [3.63, 3.8) is 0 Å². The van der Waals surface area contributed by atoms with Crippen LogP contribution in [0.15, 0.2) is 0 Å². The number of urea groups is 1. The fourth-order valence-corrected chi connectivity index (χ4v) is 0.220. The van der Waals surface area contributed by atoms with Gasteiger partial charge in [0.2, 0.25) is 0 Å². The fraction of sp³-hybridized carbons (Fsp3) is 0.667. The van der Waals surface area contributed by atoms with Gasteiger partial charge in [0, 0.05) is 0 Å². The third kappa shape index (κ3) is 3.71. The van der Waals surface area contributed by atoms with E-state index < -0.39 is 18.5 Å². The van der Waals surface area contributed by atoms with Crippen LogP contribution in [0.1, 0.15) is 0 Å². The summed E-state index contributed by atoms with van der Waals surface area (Å²) in [4.78, 5) is 9.84. The average molecular weight is 136 g/mol. The van der Waals surface area contributed by atoms with Gasteiger partial charge in [-0.1, -0.05) is 0 Å². The molecule has 0 saturated heterocycles. The summed E-state index contributed by atoms with van der Waals surface area (Å²) in [5, 5.41) is 26.2. The minimum absolute atomic E-state index is 1.02. The van der Waals surface area contributed by atoms with E-state index in [9.17, 15) is 4.79 Å². The first-order valence-corrected chi connectivity index (χ1v) is 2.14. The SMILES string of the molecule is NC(=O)NC(O)C(O)O. The second-order valence-corrected chi connectivity index (χ2v) is 1.37.